The number of carbonyl (C=O) groups is 1. The Balaban J connectivity index is 2.56. The lowest BCUT2D eigenvalue weighted by atomic mass is 10.1. The Labute approximate surface area is 130 Å². The molecule has 1 aliphatic rings. The lowest BCUT2D eigenvalue weighted by Gasteiger charge is -2.32. The van der Waals surface area contributed by atoms with Crippen molar-refractivity contribution in [1.82, 2.24) is 4.57 Å². The number of halogens is 3. The van der Waals surface area contributed by atoms with Crippen molar-refractivity contribution in [3.05, 3.63) is 28.2 Å². The van der Waals surface area contributed by atoms with E-state index in [9.17, 15) is 22.8 Å². The fourth-order valence-electron chi connectivity index (χ4n) is 2.52. The number of anilines is 1. The summed E-state index contributed by atoms with van der Waals surface area (Å²) in [6.45, 7) is 1.58. The maximum absolute atomic E-state index is 13.1. The van der Waals surface area contributed by atoms with Crippen LogP contribution in [-0.4, -0.2) is 36.9 Å². The largest absolute Gasteiger partial charge is 0.417 e. The van der Waals surface area contributed by atoms with Crippen LogP contribution < -0.4 is 10.9 Å². The van der Waals surface area contributed by atoms with Gasteiger partial charge in [-0.05, 0) is 12.5 Å². The first-order valence-corrected chi connectivity index (χ1v) is 6.95. The van der Waals surface area contributed by atoms with Gasteiger partial charge in [-0.1, -0.05) is 0 Å². The second kappa shape index (κ2) is 6.71. The molecule has 2 rings (SSSR count). The normalized spacial score (nSPS) is 22.0. The number of aromatic nitrogens is 1. The van der Waals surface area contributed by atoms with E-state index in [1.165, 1.54) is 7.11 Å². The van der Waals surface area contributed by atoms with Crippen LogP contribution in [0.15, 0.2) is 17.1 Å². The second-order valence-electron chi connectivity index (χ2n) is 5.24. The van der Waals surface area contributed by atoms with Crippen LogP contribution in [0.2, 0.25) is 0 Å². The van der Waals surface area contributed by atoms with Crippen molar-refractivity contribution < 1.29 is 27.4 Å². The van der Waals surface area contributed by atoms with E-state index in [1.54, 1.807) is 0 Å². The Kier molecular flexibility index (Phi) is 5.10. The smallest absolute Gasteiger partial charge is 0.379 e. The van der Waals surface area contributed by atoms with Gasteiger partial charge >= 0.3 is 6.18 Å². The lowest BCUT2D eigenvalue weighted by Crippen LogP contribution is -2.41. The van der Waals surface area contributed by atoms with E-state index < -0.39 is 41.0 Å². The van der Waals surface area contributed by atoms with Crippen LogP contribution in [0.25, 0.3) is 0 Å². The fraction of sp³-hybridized carbons (Fsp3) is 0.571. The first-order valence-electron chi connectivity index (χ1n) is 6.95. The predicted octanol–water partition coefficient (Wildman–Crippen LogP) is 1.80. The molecule has 0 radical (unpaired) electrons. The van der Waals surface area contributed by atoms with Crippen LogP contribution in [0.4, 0.5) is 18.9 Å². The number of rotatable bonds is 3. The maximum Gasteiger partial charge on any atom is 0.417 e. The topological polar surface area (TPSA) is 69.6 Å². The predicted molar refractivity (Wildman–Crippen MR) is 75.3 cm³/mol. The Morgan fingerprint density at radius 3 is 2.74 bits per heavy atom. The molecule has 2 heterocycles. The van der Waals surface area contributed by atoms with Gasteiger partial charge in [0.1, 0.15) is 5.69 Å². The summed E-state index contributed by atoms with van der Waals surface area (Å²) in [5.74, 6) is -0.629. The Hall–Kier alpha value is -1.87. The molecule has 0 spiro atoms. The van der Waals surface area contributed by atoms with E-state index in [0.717, 1.165) is 17.7 Å². The summed E-state index contributed by atoms with van der Waals surface area (Å²) in [5, 5.41) is 2.14. The third kappa shape index (κ3) is 3.91. The molecule has 2 atom stereocenters. The zero-order valence-electron chi connectivity index (χ0n) is 12.6. The molecule has 0 bridgehead atoms. The maximum atomic E-state index is 13.1. The van der Waals surface area contributed by atoms with Gasteiger partial charge in [0.15, 0.2) is 0 Å². The summed E-state index contributed by atoms with van der Waals surface area (Å²) < 4.78 is 50.7. The quantitative estimate of drug-likeness (QED) is 0.915. The molecule has 9 heteroatoms. The zero-order valence-corrected chi connectivity index (χ0v) is 12.6. The van der Waals surface area contributed by atoms with Crippen LogP contribution in [-0.2, 0) is 20.4 Å². The molecule has 0 aliphatic carbocycles. The van der Waals surface area contributed by atoms with Gasteiger partial charge in [-0.25, -0.2) is 0 Å². The molecule has 1 N–H and O–H groups in total. The van der Waals surface area contributed by atoms with E-state index in [1.807, 2.05) is 0 Å². The first kappa shape index (κ1) is 17.5. The molecule has 1 fully saturated rings. The van der Waals surface area contributed by atoms with E-state index in [4.69, 9.17) is 9.47 Å². The summed E-state index contributed by atoms with van der Waals surface area (Å²) in [4.78, 5) is 23.6. The summed E-state index contributed by atoms with van der Waals surface area (Å²) >= 11 is 0. The average molecular weight is 334 g/mol. The highest BCUT2D eigenvalue weighted by atomic mass is 19.4. The average Bonchev–Trinajstić information content (AvgIpc) is 2.47. The van der Waals surface area contributed by atoms with Gasteiger partial charge in [-0.15, -0.1) is 0 Å². The number of nitrogens with zero attached hydrogens (tertiary/aromatic N) is 1. The minimum atomic E-state index is -4.65. The number of ether oxygens (including phenoxy) is 2. The molecule has 0 saturated carbocycles. The highest BCUT2D eigenvalue weighted by Crippen LogP contribution is 2.31. The number of methoxy groups -OCH3 is 1. The molecule has 1 amide bonds. The van der Waals surface area contributed by atoms with Gasteiger partial charge in [0, 0.05) is 26.8 Å². The van der Waals surface area contributed by atoms with Crippen molar-refractivity contribution in [3.8, 4) is 0 Å². The highest BCUT2D eigenvalue weighted by Gasteiger charge is 2.35. The van der Waals surface area contributed by atoms with Crippen LogP contribution in [0.3, 0.4) is 0 Å². The number of alkyl halides is 3. The van der Waals surface area contributed by atoms with Gasteiger partial charge in [0.05, 0.1) is 24.3 Å². The minimum Gasteiger partial charge on any atom is -0.379 e. The molecule has 1 aliphatic heterocycles. The molecule has 23 heavy (non-hydrogen) atoms. The van der Waals surface area contributed by atoms with E-state index in [2.05, 4.69) is 5.32 Å². The molecule has 1 aromatic rings. The highest BCUT2D eigenvalue weighted by molar-refractivity contribution is 5.88. The van der Waals surface area contributed by atoms with Crippen molar-refractivity contribution in [3.63, 3.8) is 0 Å². The third-order valence-corrected chi connectivity index (χ3v) is 3.61. The van der Waals surface area contributed by atoms with Crippen molar-refractivity contribution >= 4 is 11.6 Å². The Morgan fingerprint density at radius 2 is 2.17 bits per heavy atom. The molecule has 0 unspecified atom stereocenters. The van der Waals surface area contributed by atoms with Crippen LogP contribution >= 0.6 is 0 Å². The SMILES string of the molecule is CO[C@@H]1CCOC[C@@H]1n1cc(C(F)(F)F)cc(NC(C)=O)c1=O. The summed E-state index contributed by atoms with van der Waals surface area (Å²) in [5.41, 5.74) is -2.18. The van der Waals surface area contributed by atoms with Crippen molar-refractivity contribution in [2.75, 3.05) is 25.6 Å². The molecule has 1 aromatic heterocycles. The number of amides is 1. The van der Waals surface area contributed by atoms with Crippen LogP contribution in [0.1, 0.15) is 24.9 Å². The summed E-state index contributed by atoms with van der Waals surface area (Å²) in [6, 6.07) is -0.0674. The number of nitrogens with one attached hydrogen (secondary N) is 1. The Bertz CT molecular complexity index is 642. The molecule has 1 saturated heterocycles. The third-order valence-electron chi connectivity index (χ3n) is 3.61. The van der Waals surface area contributed by atoms with Crippen LogP contribution in [0.5, 0.6) is 0 Å². The zero-order chi connectivity index (χ0) is 17.2. The fourth-order valence-corrected chi connectivity index (χ4v) is 2.52. The van der Waals surface area contributed by atoms with E-state index >= 15 is 0 Å². The number of hydrogen-bond donors (Lipinski definition) is 1. The van der Waals surface area contributed by atoms with Crippen molar-refractivity contribution in [2.45, 2.75) is 31.7 Å². The van der Waals surface area contributed by atoms with Gasteiger partial charge < -0.3 is 19.4 Å². The molecular weight excluding hydrogens is 317 g/mol. The van der Waals surface area contributed by atoms with Crippen LogP contribution in [0, 0.1) is 0 Å². The number of pyridine rings is 1. The number of hydrogen-bond acceptors (Lipinski definition) is 4. The molecule has 128 valence electrons. The van der Waals surface area contributed by atoms with Crippen molar-refractivity contribution in [2.24, 2.45) is 0 Å². The van der Waals surface area contributed by atoms with Gasteiger partial charge in [0.25, 0.3) is 5.56 Å². The van der Waals surface area contributed by atoms with Gasteiger partial charge in [-0.3, -0.25) is 9.59 Å². The summed E-state index contributed by atoms with van der Waals surface area (Å²) in [6.07, 6.45) is -3.91. The molecule has 0 aromatic carbocycles. The standard InChI is InChI=1S/C14H17F3N2O4/c1-8(20)18-10-5-9(14(15,16)17)6-19(13(10)21)11-7-23-4-3-12(11)22-2/h5-6,11-12H,3-4,7H2,1-2H3,(H,18,20)/t11-,12+/m0/s1. The molecule has 6 nitrogen and oxygen atoms in total. The monoisotopic (exact) mass is 334 g/mol. The van der Waals surface area contributed by atoms with Gasteiger partial charge in [0.2, 0.25) is 5.91 Å². The van der Waals surface area contributed by atoms with E-state index in [-0.39, 0.29) is 6.61 Å². The van der Waals surface area contributed by atoms with Gasteiger partial charge in [-0.2, -0.15) is 13.2 Å². The van der Waals surface area contributed by atoms with E-state index in [0.29, 0.717) is 19.1 Å². The Morgan fingerprint density at radius 1 is 1.48 bits per heavy atom. The lowest BCUT2D eigenvalue weighted by molar-refractivity contribution is -0.138. The molecular formula is C14H17F3N2O4. The summed E-state index contributed by atoms with van der Waals surface area (Å²) in [7, 11) is 1.43. The second-order valence-corrected chi connectivity index (χ2v) is 5.24. The minimum absolute atomic E-state index is 0.0548. The number of carbonyl (C=O) groups excluding carboxylic acids is 1. The van der Waals surface area contributed by atoms with Crippen molar-refractivity contribution in [1.29, 1.82) is 0 Å². The first-order chi connectivity index (χ1) is 10.7.